The Bertz CT molecular complexity index is 525. The minimum atomic E-state index is -2.06. The first-order valence-corrected chi connectivity index (χ1v) is 5.10. The fraction of sp³-hybridized carbons (Fsp3) is 0.0714. The highest BCUT2D eigenvalue weighted by molar-refractivity contribution is 5.72. The quantitative estimate of drug-likeness (QED) is 0.875. The summed E-state index contributed by atoms with van der Waals surface area (Å²) in [6.07, 6.45) is 1.52. The molecule has 85 valence electrons. The summed E-state index contributed by atoms with van der Waals surface area (Å²) in [5.74, 6) is -0.637. The summed E-state index contributed by atoms with van der Waals surface area (Å²) in [5.41, 5.74) is -1.87. The van der Waals surface area contributed by atoms with Gasteiger partial charge < -0.3 is 5.11 Å². The van der Waals surface area contributed by atoms with Crippen LogP contribution in [0.25, 0.3) is 0 Å². The lowest BCUT2D eigenvalue weighted by atomic mass is 9.87. The molecule has 2 aromatic rings. The zero-order valence-electron chi connectivity index (χ0n) is 8.93. The van der Waals surface area contributed by atoms with E-state index in [-0.39, 0.29) is 5.56 Å². The molecule has 0 aliphatic heterocycles. The van der Waals surface area contributed by atoms with E-state index in [0.29, 0.717) is 5.56 Å². The Kier molecular flexibility index (Phi) is 3.02. The molecule has 0 amide bonds. The second-order valence-corrected chi connectivity index (χ2v) is 3.66. The highest BCUT2D eigenvalue weighted by Crippen LogP contribution is 2.29. The van der Waals surface area contributed by atoms with Gasteiger partial charge in [0.1, 0.15) is 5.82 Å². The summed E-state index contributed by atoms with van der Waals surface area (Å²) in [7, 11) is 0. The van der Waals surface area contributed by atoms with Crippen molar-refractivity contribution in [2.45, 2.75) is 5.60 Å². The molecule has 0 fully saturated rings. The van der Waals surface area contributed by atoms with Crippen LogP contribution in [0.5, 0.6) is 0 Å². The van der Waals surface area contributed by atoms with Crippen molar-refractivity contribution in [1.82, 2.24) is 0 Å². The van der Waals surface area contributed by atoms with Crippen LogP contribution in [0.1, 0.15) is 11.1 Å². The number of benzene rings is 2. The van der Waals surface area contributed by atoms with Gasteiger partial charge in [0.2, 0.25) is 6.29 Å². The van der Waals surface area contributed by atoms with Gasteiger partial charge in [-0.05, 0) is 11.6 Å². The summed E-state index contributed by atoms with van der Waals surface area (Å²) < 4.78 is 13.6. The van der Waals surface area contributed by atoms with Crippen LogP contribution in [-0.2, 0) is 10.4 Å². The SMILES string of the molecule is O=[C]C(O)(c1ccccc1)c1ccccc1F. The minimum Gasteiger partial charge on any atom is -0.373 e. The summed E-state index contributed by atoms with van der Waals surface area (Å²) >= 11 is 0. The highest BCUT2D eigenvalue weighted by Gasteiger charge is 2.34. The van der Waals surface area contributed by atoms with E-state index in [1.165, 1.54) is 24.5 Å². The Hall–Kier alpha value is -2.00. The molecule has 1 unspecified atom stereocenters. The highest BCUT2D eigenvalue weighted by atomic mass is 19.1. The maximum Gasteiger partial charge on any atom is 0.243 e. The first-order valence-electron chi connectivity index (χ1n) is 5.10. The summed E-state index contributed by atoms with van der Waals surface area (Å²) in [4.78, 5) is 11.0. The van der Waals surface area contributed by atoms with Crippen molar-refractivity contribution in [3.8, 4) is 0 Å². The zero-order chi connectivity index (χ0) is 12.3. The van der Waals surface area contributed by atoms with Gasteiger partial charge >= 0.3 is 0 Å². The maximum atomic E-state index is 13.6. The molecule has 3 heteroatoms. The van der Waals surface area contributed by atoms with Crippen molar-refractivity contribution >= 4 is 6.29 Å². The normalized spacial score (nSPS) is 14.0. The second kappa shape index (κ2) is 4.47. The number of halogens is 1. The lowest BCUT2D eigenvalue weighted by molar-refractivity contribution is 0.146. The number of rotatable bonds is 3. The van der Waals surface area contributed by atoms with Gasteiger partial charge in [0.05, 0.1) is 0 Å². The third kappa shape index (κ3) is 1.97. The molecule has 2 nitrogen and oxygen atoms in total. The fourth-order valence-corrected chi connectivity index (χ4v) is 1.70. The molecule has 0 bridgehead atoms. The van der Waals surface area contributed by atoms with Crippen LogP contribution in [0.4, 0.5) is 4.39 Å². The van der Waals surface area contributed by atoms with Crippen molar-refractivity contribution in [2.24, 2.45) is 0 Å². The molecule has 2 aromatic carbocycles. The Labute approximate surface area is 98.3 Å². The van der Waals surface area contributed by atoms with Crippen molar-refractivity contribution < 1.29 is 14.3 Å². The molecule has 0 saturated heterocycles. The van der Waals surface area contributed by atoms with Crippen LogP contribution in [-0.4, -0.2) is 11.4 Å². The largest absolute Gasteiger partial charge is 0.373 e. The number of aliphatic hydroxyl groups is 1. The average Bonchev–Trinajstić information content (AvgIpc) is 2.39. The Balaban J connectivity index is 2.60. The predicted molar refractivity (Wildman–Crippen MR) is 61.5 cm³/mol. The Morgan fingerprint density at radius 3 is 2.18 bits per heavy atom. The summed E-state index contributed by atoms with van der Waals surface area (Å²) in [6.45, 7) is 0. The predicted octanol–water partition coefficient (Wildman–Crippen LogP) is 2.17. The third-order valence-corrected chi connectivity index (χ3v) is 2.60. The molecular formula is C14H10FO2. The molecule has 17 heavy (non-hydrogen) atoms. The van der Waals surface area contributed by atoms with Crippen LogP contribution < -0.4 is 0 Å². The van der Waals surface area contributed by atoms with E-state index >= 15 is 0 Å². The van der Waals surface area contributed by atoms with Crippen molar-refractivity contribution in [1.29, 1.82) is 0 Å². The van der Waals surface area contributed by atoms with Crippen LogP contribution in [0.3, 0.4) is 0 Å². The molecule has 0 spiro atoms. The maximum absolute atomic E-state index is 13.6. The molecule has 0 heterocycles. The van der Waals surface area contributed by atoms with E-state index in [0.717, 1.165) is 0 Å². The number of hydrogen-bond donors (Lipinski definition) is 1. The average molecular weight is 229 g/mol. The zero-order valence-corrected chi connectivity index (χ0v) is 8.93. The lowest BCUT2D eigenvalue weighted by Crippen LogP contribution is -2.30. The van der Waals surface area contributed by atoms with E-state index in [1.54, 1.807) is 36.4 Å². The van der Waals surface area contributed by atoms with Crippen LogP contribution in [0, 0.1) is 5.82 Å². The molecule has 1 N–H and O–H groups in total. The van der Waals surface area contributed by atoms with Crippen LogP contribution >= 0.6 is 0 Å². The molecule has 0 aliphatic carbocycles. The van der Waals surface area contributed by atoms with E-state index < -0.39 is 11.4 Å². The first kappa shape index (κ1) is 11.5. The monoisotopic (exact) mass is 229 g/mol. The molecule has 0 aromatic heterocycles. The fourth-order valence-electron chi connectivity index (χ4n) is 1.70. The number of hydrogen-bond acceptors (Lipinski definition) is 2. The van der Waals surface area contributed by atoms with Gasteiger partial charge in [0.25, 0.3) is 0 Å². The van der Waals surface area contributed by atoms with Crippen molar-refractivity contribution in [3.05, 3.63) is 71.5 Å². The van der Waals surface area contributed by atoms with Crippen molar-refractivity contribution in [2.75, 3.05) is 0 Å². The Morgan fingerprint density at radius 2 is 1.59 bits per heavy atom. The van der Waals surface area contributed by atoms with Gasteiger partial charge in [-0.25, -0.2) is 4.39 Å². The van der Waals surface area contributed by atoms with E-state index in [1.807, 2.05) is 0 Å². The van der Waals surface area contributed by atoms with E-state index in [9.17, 15) is 14.3 Å². The van der Waals surface area contributed by atoms with Crippen LogP contribution in [0.15, 0.2) is 54.6 Å². The van der Waals surface area contributed by atoms with Crippen molar-refractivity contribution in [3.63, 3.8) is 0 Å². The van der Waals surface area contributed by atoms with Gasteiger partial charge in [-0.1, -0.05) is 48.5 Å². The van der Waals surface area contributed by atoms with Gasteiger partial charge in [0.15, 0.2) is 5.60 Å². The molecule has 1 atom stereocenters. The molecule has 0 aliphatic rings. The van der Waals surface area contributed by atoms with Gasteiger partial charge in [0, 0.05) is 5.56 Å². The second-order valence-electron chi connectivity index (χ2n) is 3.66. The molecule has 1 radical (unpaired) electrons. The van der Waals surface area contributed by atoms with E-state index in [2.05, 4.69) is 0 Å². The summed E-state index contributed by atoms with van der Waals surface area (Å²) in [5, 5.41) is 10.3. The first-order chi connectivity index (χ1) is 8.18. The van der Waals surface area contributed by atoms with Gasteiger partial charge in [-0.2, -0.15) is 0 Å². The lowest BCUT2D eigenvalue weighted by Gasteiger charge is -2.22. The molecule has 2 rings (SSSR count). The Morgan fingerprint density at radius 1 is 1.00 bits per heavy atom. The molecular weight excluding hydrogens is 219 g/mol. The summed E-state index contributed by atoms with van der Waals surface area (Å²) in [6, 6.07) is 13.8. The topological polar surface area (TPSA) is 37.3 Å². The minimum absolute atomic E-state index is 0.0961. The van der Waals surface area contributed by atoms with Crippen LogP contribution in [0.2, 0.25) is 0 Å². The third-order valence-electron chi connectivity index (χ3n) is 2.60. The number of carbonyl (C=O) groups excluding carboxylic acids is 1. The molecule has 0 saturated carbocycles. The standard InChI is InChI=1S/C14H10FO2/c15-13-9-5-4-8-12(13)14(17,10-16)11-6-2-1-3-7-11/h1-9,17H. The van der Waals surface area contributed by atoms with E-state index in [4.69, 9.17) is 0 Å². The van der Waals surface area contributed by atoms with Gasteiger partial charge in [-0.3, -0.25) is 4.79 Å². The van der Waals surface area contributed by atoms with Gasteiger partial charge in [-0.15, -0.1) is 0 Å². The smallest absolute Gasteiger partial charge is 0.243 e.